The average Bonchev–Trinajstić information content (AvgIpc) is 2.33. The maximum Gasteiger partial charge on any atom is 0.180 e. The summed E-state index contributed by atoms with van der Waals surface area (Å²) in [5.41, 5.74) is 6.52. The van der Waals surface area contributed by atoms with Gasteiger partial charge in [0.05, 0.1) is 0 Å². The smallest absolute Gasteiger partial charge is 0.180 e. The van der Waals surface area contributed by atoms with Crippen LogP contribution in [-0.4, -0.2) is 4.98 Å². The van der Waals surface area contributed by atoms with Crippen molar-refractivity contribution < 1.29 is 0 Å². The Hall–Kier alpha value is -1.09. The van der Waals surface area contributed by atoms with Crippen LogP contribution in [0, 0.1) is 6.07 Å². The monoisotopic (exact) mass is 149 g/mol. The van der Waals surface area contributed by atoms with Gasteiger partial charge in [0.1, 0.15) is 0 Å². The Bertz CT molecular complexity index is 315. The van der Waals surface area contributed by atoms with Crippen molar-refractivity contribution in [2.45, 2.75) is 0 Å². The number of hydrogen-bond donors (Lipinski definition) is 1. The summed E-state index contributed by atoms with van der Waals surface area (Å²) in [7, 11) is 0. The first-order valence-electron chi connectivity index (χ1n) is 2.88. The van der Waals surface area contributed by atoms with Crippen LogP contribution in [0.5, 0.6) is 0 Å². The van der Waals surface area contributed by atoms with Crippen LogP contribution in [0.15, 0.2) is 18.3 Å². The molecule has 0 atom stereocenters. The zero-order valence-corrected chi connectivity index (χ0v) is 5.98. The fraction of sp³-hybridized carbons (Fsp3) is 0. The highest BCUT2D eigenvalue weighted by Gasteiger charge is 2.02. The van der Waals surface area contributed by atoms with Gasteiger partial charge in [-0.15, -0.1) is 0 Å². The van der Waals surface area contributed by atoms with E-state index in [4.69, 9.17) is 5.73 Å². The zero-order valence-electron chi connectivity index (χ0n) is 5.16. The molecule has 0 fully saturated rings. The predicted octanol–water partition coefficient (Wildman–Crippen LogP) is 1.63. The van der Waals surface area contributed by atoms with Gasteiger partial charge in [-0.05, 0) is 12.1 Å². The molecule has 2 rings (SSSR count). The fourth-order valence-electron chi connectivity index (χ4n) is 0.825. The van der Waals surface area contributed by atoms with Crippen molar-refractivity contribution in [2.75, 3.05) is 5.73 Å². The van der Waals surface area contributed by atoms with Crippen LogP contribution >= 0.6 is 11.3 Å². The Labute approximate surface area is 62.7 Å². The molecule has 0 aromatic rings. The SMILES string of the molecule is Nc1ncc2[c]ccc-2s1. The van der Waals surface area contributed by atoms with E-state index >= 15 is 0 Å². The van der Waals surface area contributed by atoms with Crippen LogP contribution in [0.2, 0.25) is 0 Å². The van der Waals surface area contributed by atoms with Gasteiger partial charge >= 0.3 is 0 Å². The first-order chi connectivity index (χ1) is 4.86. The van der Waals surface area contributed by atoms with Gasteiger partial charge in [0.15, 0.2) is 5.13 Å². The Kier molecular flexibility index (Phi) is 1.11. The third-order valence-electron chi connectivity index (χ3n) is 1.27. The summed E-state index contributed by atoms with van der Waals surface area (Å²) in [6.45, 7) is 0. The lowest BCUT2D eigenvalue weighted by atomic mass is 10.3. The zero-order chi connectivity index (χ0) is 6.97. The van der Waals surface area contributed by atoms with Crippen molar-refractivity contribution in [1.82, 2.24) is 4.98 Å². The van der Waals surface area contributed by atoms with Gasteiger partial charge in [-0.25, -0.2) is 4.98 Å². The Morgan fingerprint density at radius 1 is 1.60 bits per heavy atom. The fourth-order valence-corrected chi connectivity index (χ4v) is 1.51. The van der Waals surface area contributed by atoms with Gasteiger partial charge < -0.3 is 5.73 Å². The lowest BCUT2D eigenvalue weighted by Gasteiger charge is -1.95. The Balaban J connectivity index is 2.75. The second-order valence-corrected chi connectivity index (χ2v) is 3.02. The van der Waals surface area contributed by atoms with Crippen LogP contribution in [-0.2, 0) is 0 Å². The van der Waals surface area contributed by atoms with E-state index < -0.39 is 0 Å². The lowest BCUT2D eigenvalue weighted by molar-refractivity contribution is 1.40. The molecule has 2 N–H and O–H groups in total. The van der Waals surface area contributed by atoms with Crippen LogP contribution < -0.4 is 5.73 Å². The maximum atomic E-state index is 5.48. The second-order valence-electron chi connectivity index (χ2n) is 1.95. The van der Waals surface area contributed by atoms with E-state index in [-0.39, 0.29) is 0 Å². The number of nitrogens with two attached hydrogens (primary N) is 1. The molecule has 1 heterocycles. The van der Waals surface area contributed by atoms with E-state index in [2.05, 4.69) is 11.1 Å². The van der Waals surface area contributed by atoms with E-state index in [0.717, 1.165) is 10.4 Å². The van der Waals surface area contributed by atoms with E-state index in [1.807, 2.05) is 12.1 Å². The average molecular weight is 149 g/mol. The van der Waals surface area contributed by atoms with Gasteiger partial charge in [-0.3, -0.25) is 0 Å². The number of nitrogens with zero attached hydrogens (tertiary/aromatic N) is 1. The van der Waals surface area contributed by atoms with Crippen molar-refractivity contribution in [3.63, 3.8) is 0 Å². The van der Waals surface area contributed by atoms with E-state index in [9.17, 15) is 0 Å². The van der Waals surface area contributed by atoms with Crippen molar-refractivity contribution in [1.29, 1.82) is 0 Å². The van der Waals surface area contributed by atoms with Crippen molar-refractivity contribution in [2.24, 2.45) is 0 Å². The summed E-state index contributed by atoms with van der Waals surface area (Å²) in [4.78, 5) is 5.09. The number of rotatable bonds is 0. The molecule has 0 bridgehead atoms. The molecule has 1 radical (unpaired) electrons. The highest BCUT2D eigenvalue weighted by molar-refractivity contribution is 7.18. The van der Waals surface area contributed by atoms with Crippen molar-refractivity contribution >= 4 is 16.5 Å². The third kappa shape index (κ3) is 0.752. The number of nitrogen functional groups attached to an aromatic ring is 1. The van der Waals surface area contributed by atoms with Crippen molar-refractivity contribution in [3.8, 4) is 10.4 Å². The summed E-state index contributed by atoms with van der Waals surface area (Å²) in [5.74, 6) is 0. The summed E-state index contributed by atoms with van der Waals surface area (Å²) >= 11 is 1.48. The third-order valence-corrected chi connectivity index (χ3v) is 2.16. The minimum absolute atomic E-state index is 0.604. The molecular formula is C7H5N2S. The molecule has 2 aliphatic rings. The summed E-state index contributed by atoms with van der Waals surface area (Å²) in [6, 6.07) is 6.90. The highest BCUT2D eigenvalue weighted by atomic mass is 32.1. The first kappa shape index (κ1) is 5.68. The molecule has 1 aliphatic heterocycles. The van der Waals surface area contributed by atoms with Crippen LogP contribution in [0.3, 0.4) is 0 Å². The van der Waals surface area contributed by atoms with Gasteiger partial charge in [-0.2, -0.15) is 0 Å². The van der Waals surface area contributed by atoms with E-state index in [1.165, 1.54) is 11.3 Å². The molecular weight excluding hydrogens is 144 g/mol. The van der Waals surface area contributed by atoms with E-state index in [1.54, 1.807) is 6.20 Å². The van der Waals surface area contributed by atoms with Crippen molar-refractivity contribution in [3.05, 3.63) is 24.4 Å². The molecule has 0 spiro atoms. The van der Waals surface area contributed by atoms with Gasteiger partial charge in [-0.1, -0.05) is 17.4 Å². The molecule has 1 aliphatic carbocycles. The van der Waals surface area contributed by atoms with E-state index in [0.29, 0.717) is 5.13 Å². The topological polar surface area (TPSA) is 38.9 Å². The molecule has 0 amide bonds. The minimum Gasteiger partial charge on any atom is -0.375 e. The second kappa shape index (κ2) is 1.95. The van der Waals surface area contributed by atoms with Crippen LogP contribution in [0.1, 0.15) is 0 Å². The molecule has 0 saturated heterocycles. The standard InChI is InChI=1S/C7H5N2S/c8-7-9-4-5-2-1-3-6(5)10-7/h1,3-4H,(H2,8,9). The molecule has 0 aromatic heterocycles. The largest absolute Gasteiger partial charge is 0.375 e. The minimum atomic E-state index is 0.604. The molecule has 0 aromatic carbocycles. The van der Waals surface area contributed by atoms with Gasteiger partial charge in [0.25, 0.3) is 0 Å². The summed E-state index contributed by atoms with van der Waals surface area (Å²) < 4.78 is 0. The normalized spacial score (nSPS) is 10.4. The number of hydrogen-bond acceptors (Lipinski definition) is 3. The quantitative estimate of drug-likeness (QED) is 0.618. The molecule has 0 saturated carbocycles. The molecule has 49 valence electrons. The molecule has 2 nitrogen and oxygen atoms in total. The van der Waals surface area contributed by atoms with Gasteiger partial charge in [0, 0.05) is 16.6 Å². The number of aromatic nitrogens is 1. The van der Waals surface area contributed by atoms with Gasteiger partial charge in [0.2, 0.25) is 0 Å². The molecule has 3 heteroatoms. The lowest BCUT2D eigenvalue weighted by Crippen LogP contribution is -1.85. The molecule has 10 heavy (non-hydrogen) atoms. The van der Waals surface area contributed by atoms with Crippen LogP contribution in [0.25, 0.3) is 10.4 Å². The maximum absolute atomic E-state index is 5.48. The number of fused-ring (bicyclic) bond motifs is 1. The predicted molar refractivity (Wildman–Crippen MR) is 42.0 cm³/mol. The van der Waals surface area contributed by atoms with Crippen LogP contribution in [0.4, 0.5) is 5.13 Å². The Morgan fingerprint density at radius 3 is 3.40 bits per heavy atom. The summed E-state index contributed by atoms with van der Waals surface area (Å²) in [6.07, 6.45) is 1.74. The number of anilines is 1. The summed E-state index contributed by atoms with van der Waals surface area (Å²) in [5, 5.41) is 0.604. The molecule has 0 unspecified atom stereocenters. The highest BCUT2D eigenvalue weighted by Crippen LogP contribution is 2.27. The Morgan fingerprint density at radius 2 is 2.50 bits per heavy atom. The first-order valence-corrected chi connectivity index (χ1v) is 3.69.